The van der Waals surface area contributed by atoms with E-state index in [-0.39, 0.29) is 11.7 Å². The van der Waals surface area contributed by atoms with Gasteiger partial charge in [-0.25, -0.2) is 0 Å². The number of hydrogen-bond acceptors (Lipinski definition) is 3. The van der Waals surface area contributed by atoms with Crippen LogP contribution >= 0.6 is 15.9 Å². The van der Waals surface area contributed by atoms with E-state index in [0.717, 1.165) is 4.47 Å². The molecule has 88 valence electrons. The van der Waals surface area contributed by atoms with E-state index in [2.05, 4.69) is 27.5 Å². The van der Waals surface area contributed by atoms with Gasteiger partial charge in [0.2, 0.25) is 5.91 Å². The topological polar surface area (TPSA) is 50.3 Å². The summed E-state index contributed by atoms with van der Waals surface area (Å²) in [7, 11) is 0. The second-order valence-corrected chi connectivity index (χ2v) is 4.73. The van der Waals surface area contributed by atoms with Crippen LogP contribution in [0.25, 0.3) is 0 Å². The Bertz CT molecular complexity index is 487. The molecule has 5 heteroatoms. The number of halogens is 1. The maximum absolute atomic E-state index is 12.1. The molecule has 17 heavy (non-hydrogen) atoms. The number of likely N-dealkylation sites (tertiary alicyclic amines) is 1. The minimum atomic E-state index is -0.593. The van der Waals surface area contributed by atoms with Crippen molar-refractivity contribution in [2.24, 2.45) is 5.92 Å². The van der Waals surface area contributed by atoms with Crippen LogP contribution in [0.3, 0.4) is 0 Å². The summed E-state index contributed by atoms with van der Waals surface area (Å²) in [5, 5.41) is 0. The summed E-state index contributed by atoms with van der Waals surface area (Å²) in [6, 6.07) is 1.68. The number of rotatable bonds is 3. The first-order valence-corrected chi connectivity index (χ1v) is 6.00. The smallest absolute Gasteiger partial charge is 0.237 e. The molecule has 0 aliphatic carbocycles. The Morgan fingerprint density at radius 1 is 1.59 bits per heavy atom. The predicted octanol–water partition coefficient (Wildman–Crippen LogP) is 2.02. The van der Waals surface area contributed by atoms with Crippen molar-refractivity contribution in [3.05, 3.63) is 41.3 Å². The maximum Gasteiger partial charge on any atom is 0.237 e. The van der Waals surface area contributed by atoms with E-state index in [1.165, 1.54) is 17.3 Å². The van der Waals surface area contributed by atoms with Gasteiger partial charge in [-0.3, -0.25) is 14.6 Å². The van der Waals surface area contributed by atoms with E-state index in [1.807, 2.05) is 0 Å². The Kier molecular flexibility index (Phi) is 3.38. The minimum Gasteiger partial charge on any atom is -0.319 e. The highest BCUT2D eigenvalue weighted by Gasteiger charge is 2.36. The zero-order chi connectivity index (χ0) is 12.4. The second-order valence-electron chi connectivity index (χ2n) is 3.81. The molecule has 1 unspecified atom stereocenters. The maximum atomic E-state index is 12.1. The molecular weight excluding hydrogens is 284 g/mol. The summed E-state index contributed by atoms with van der Waals surface area (Å²) in [4.78, 5) is 29.4. The molecule has 1 amide bonds. The highest BCUT2D eigenvalue weighted by atomic mass is 79.9. The fourth-order valence-electron chi connectivity index (χ4n) is 1.87. The number of amides is 1. The molecule has 1 aliphatic rings. The normalized spacial score (nSPS) is 19.5. The van der Waals surface area contributed by atoms with Crippen molar-refractivity contribution in [1.82, 2.24) is 9.88 Å². The van der Waals surface area contributed by atoms with E-state index in [1.54, 1.807) is 12.3 Å². The summed E-state index contributed by atoms with van der Waals surface area (Å²) in [6.45, 7) is 4.10. The van der Waals surface area contributed by atoms with Crippen LogP contribution in [0.15, 0.2) is 35.7 Å². The number of carbonyl (C=O) groups excluding carboxylic acids is 2. The summed E-state index contributed by atoms with van der Waals surface area (Å²) in [6.07, 6.45) is 5.09. The zero-order valence-corrected chi connectivity index (χ0v) is 10.7. The molecule has 1 fully saturated rings. The molecule has 0 aromatic carbocycles. The fraction of sp³-hybridized carbons (Fsp3) is 0.250. The lowest BCUT2D eigenvalue weighted by molar-refractivity contribution is -0.127. The van der Waals surface area contributed by atoms with Crippen LogP contribution in [0.5, 0.6) is 0 Å². The highest BCUT2D eigenvalue weighted by molar-refractivity contribution is 9.10. The molecule has 1 atom stereocenters. The van der Waals surface area contributed by atoms with Gasteiger partial charge in [0.1, 0.15) is 5.92 Å². The highest BCUT2D eigenvalue weighted by Crippen LogP contribution is 2.23. The van der Waals surface area contributed by atoms with Gasteiger partial charge in [0.05, 0.1) is 0 Å². The molecule has 4 nitrogen and oxygen atoms in total. The van der Waals surface area contributed by atoms with E-state index >= 15 is 0 Å². The zero-order valence-electron chi connectivity index (χ0n) is 9.10. The lowest BCUT2D eigenvalue weighted by atomic mass is 9.97. The molecule has 0 N–H and O–H groups in total. The lowest BCUT2D eigenvalue weighted by Crippen LogP contribution is -2.26. The first-order chi connectivity index (χ1) is 8.13. The van der Waals surface area contributed by atoms with Crippen molar-refractivity contribution < 1.29 is 9.59 Å². The van der Waals surface area contributed by atoms with Gasteiger partial charge in [-0.2, -0.15) is 0 Å². The predicted molar refractivity (Wildman–Crippen MR) is 66.3 cm³/mol. The van der Waals surface area contributed by atoms with Crippen LogP contribution in [-0.2, 0) is 4.79 Å². The molecule has 1 aliphatic heterocycles. The van der Waals surface area contributed by atoms with Gasteiger partial charge in [-0.1, -0.05) is 6.58 Å². The van der Waals surface area contributed by atoms with Gasteiger partial charge in [0.25, 0.3) is 0 Å². The number of ketones is 1. The molecular formula is C12H11BrN2O2. The number of hydrogen-bond donors (Lipinski definition) is 0. The molecule has 1 aromatic rings. The quantitative estimate of drug-likeness (QED) is 0.633. The van der Waals surface area contributed by atoms with Crippen molar-refractivity contribution in [3.8, 4) is 0 Å². The van der Waals surface area contributed by atoms with Crippen LogP contribution in [-0.4, -0.2) is 28.1 Å². The molecule has 1 saturated heterocycles. The molecule has 0 radical (unpaired) electrons. The van der Waals surface area contributed by atoms with Crippen LogP contribution in [0, 0.1) is 5.92 Å². The summed E-state index contributed by atoms with van der Waals surface area (Å²) in [5.41, 5.74) is 0.462. The number of aromatic nitrogens is 1. The van der Waals surface area contributed by atoms with Crippen LogP contribution < -0.4 is 0 Å². The van der Waals surface area contributed by atoms with Crippen molar-refractivity contribution in [3.63, 3.8) is 0 Å². The van der Waals surface area contributed by atoms with E-state index in [4.69, 9.17) is 0 Å². The van der Waals surface area contributed by atoms with Crippen molar-refractivity contribution in [2.45, 2.75) is 6.42 Å². The molecule has 2 heterocycles. The summed E-state index contributed by atoms with van der Waals surface area (Å²) in [5.74, 6) is -0.942. The monoisotopic (exact) mass is 294 g/mol. The van der Waals surface area contributed by atoms with Gasteiger partial charge in [-0.15, -0.1) is 0 Å². The number of carbonyl (C=O) groups is 2. The average Bonchev–Trinajstić information content (AvgIpc) is 2.69. The number of pyridine rings is 1. The Hall–Kier alpha value is -1.49. The van der Waals surface area contributed by atoms with Gasteiger partial charge < -0.3 is 4.90 Å². The van der Waals surface area contributed by atoms with E-state index in [0.29, 0.717) is 18.5 Å². The summed E-state index contributed by atoms with van der Waals surface area (Å²) >= 11 is 3.25. The van der Waals surface area contributed by atoms with Crippen molar-refractivity contribution in [1.29, 1.82) is 0 Å². The largest absolute Gasteiger partial charge is 0.319 e. The third kappa shape index (κ3) is 2.29. The van der Waals surface area contributed by atoms with E-state index < -0.39 is 5.92 Å². The Balaban J connectivity index is 2.22. The van der Waals surface area contributed by atoms with Crippen LogP contribution in [0.4, 0.5) is 0 Å². The molecule has 0 bridgehead atoms. The first-order valence-electron chi connectivity index (χ1n) is 5.21. The third-order valence-corrected chi connectivity index (χ3v) is 3.20. The number of Topliss-reactive ketones (excluding diaryl/α,β-unsaturated/α-hetero) is 1. The van der Waals surface area contributed by atoms with E-state index in [9.17, 15) is 9.59 Å². The van der Waals surface area contributed by atoms with Crippen molar-refractivity contribution in [2.75, 3.05) is 6.54 Å². The Morgan fingerprint density at radius 2 is 2.35 bits per heavy atom. The molecule has 2 rings (SSSR count). The first kappa shape index (κ1) is 12.0. The van der Waals surface area contributed by atoms with Crippen molar-refractivity contribution >= 4 is 27.6 Å². The lowest BCUT2D eigenvalue weighted by Gasteiger charge is -2.10. The minimum absolute atomic E-state index is 0.173. The van der Waals surface area contributed by atoms with Crippen LogP contribution in [0.2, 0.25) is 0 Å². The number of nitrogens with zero attached hydrogens (tertiary/aromatic N) is 2. The van der Waals surface area contributed by atoms with Gasteiger partial charge in [-0.05, 0) is 34.6 Å². The van der Waals surface area contributed by atoms with Crippen LogP contribution in [0.1, 0.15) is 16.8 Å². The third-order valence-electron chi connectivity index (χ3n) is 2.77. The van der Waals surface area contributed by atoms with Gasteiger partial charge in [0, 0.05) is 29.0 Å². The molecule has 0 spiro atoms. The molecule has 1 aromatic heterocycles. The SMILES string of the molecule is C=CN1CCC(C(=O)c2cncc(Br)c2)C1=O. The average molecular weight is 295 g/mol. The summed E-state index contributed by atoms with van der Waals surface area (Å²) < 4.78 is 0.731. The second kappa shape index (κ2) is 4.79. The van der Waals surface area contributed by atoms with Gasteiger partial charge >= 0.3 is 0 Å². The van der Waals surface area contributed by atoms with Gasteiger partial charge in [0.15, 0.2) is 5.78 Å². The fourth-order valence-corrected chi connectivity index (χ4v) is 2.24. The molecule has 0 saturated carbocycles. The standard InChI is InChI=1S/C12H11BrN2O2/c1-2-15-4-3-10(12(15)17)11(16)8-5-9(13)7-14-6-8/h2,5-7,10H,1,3-4H2. The Labute approximate surface area is 107 Å². The Morgan fingerprint density at radius 3 is 2.94 bits per heavy atom.